The number of amides is 1. The highest BCUT2D eigenvalue weighted by Gasteiger charge is 2.34. The summed E-state index contributed by atoms with van der Waals surface area (Å²) in [6, 6.07) is 6.72. The van der Waals surface area contributed by atoms with Crippen LogP contribution in [-0.4, -0.2) is 17.0 Å². The number of hydrogen-bond donors (Lipinski definition) is 2. The molecular formula is C19H16F3NO3. The molecule has 3 rings (SSSR count). The number of carbonyl (C=O) groups is 2. The fourth-order valence-electron chi connectivity index (χ4n) is 3.01. The van der Waals surface area contributed by atoms with Crippen LogP contribution >= 0.6 is 0 Å². The molecule has 1 amide bonds. The summed E-state index contributed by atoms with van der Waals surface area (Å²) in [6.07, 6.45) is 1.25. The third-order valence-electron chi connectivity index (χ3n) is 4.32. The topological polar surface area (TPSA) is 66.4 Å². The maximum Gasteiger partial charge on any atom is 0.338 e. The number of rotatable bonds is 6. The van der Waals surface area contributed by atoms with Crippen LogP contribution in [0, 0.1) is 23.4 Å². The minimum atomic E-state index is -1.57. The zero-order valence-electron chi connectivity index (χ0n) is 13.6. The van der Waals surface area contributed by atoms with Crippen LogP contribution in [0.25, 0.3) is 0 Å². The molecule has 136 valence electrons. The quantitative estimate of drug-likeness (QED) is 0.824. The molecule has 0 spiro atoms. The predicted molar refractivity (Wildman–Crippen MR) is 87.0 cm³/mol. The van der Waals surface area contributed by atoms with Crippen molar-refractivity contribution in [2.24, 2.45) is 5.92 Å². The van der Waals surface area contributed by atoms with Crippen LogP contribution in [-0.2, 0) is 11.2 Å². The molecule has 4 nitrogen and oxygen atoms in total. The molecule has 1 atom stereocenters. The van der Waals surface area contributed by atoms with Crippen LogP contribution < -0.4 is 5.32 Å². The molecule has 1 aliphatic rings. The lowest BCUT2D eigenvalue weighted by Gasteiger charge is -2.19. The number of hydrogen-bond acceptors (Lipinski definition) is 2. The average molecular weight is 363 g/mol. The fourth-order valence-corrected chi connectivity index (χ4v) is 3.01. The van der Waals surface area contributed by atoms with Crippen molar-refractivity contribution in [3.05, 3.63) is 70.5 Å². The molecular weight excluding hydrogens is 347 g/mol. The number of aromatic carboxylic acids is 1. The Balaban J connectivity index is 1.81. The Morgan fingerprint density at radius 2 is 1.85 bits per heavy atom. The van der Waals surface area contributed by atoms with Crippen molar-refractivity contribution >= 4 is 11.9 Å². The Kier molecular flexibility index (Phi) is 4.97. The first-order chi connectivity index (χ1) is 12.3. The first-order valence-electron chi connectivity index (χ1n) is 8.11. The Hall–Kier alpha value is -2.83. The molecule has 1 unspecified atom stereocenters. The van der Waals surface area contributed by atoms with Gasteiger partial charge < -0.3 is 10.4 Å². The SMILES string of the molecule is O=C(Cc1cc(F)cc(F)c1C(=O)O)NC(c1cccc(F)c1)C1CC1. The molecule has 0 bridgehead atoms. The first-order valence-corrected chi connectivity index (χ1v) is 8.11. The Bertz CT molecular complexity index is 865. The van der Waals surface area contributed by atoms with Gasteiger partial charge in [-0.1, -0.05) is 12.1 Å². The van der Waals surface area contributed by atoms with Gasteiger partial charge in [-0.3, -0.25) is 4.79 Å². The molecule has 0 radical (unpaired) electrons. The van der Waals surface area contributed by atoms with E-state index in [1.165, 1.54) is 18.2 Å². The zero-order chi connectivity index (χ0) is 18.8. The molecule has 0 aliphatic heterocycles. The number of carboxylic acid groups (broad SMARTS) is 1. The molecule has 1 fully saturated rings. The van der Waals surface area contributed by atoms with Crippen LogP contribution in [0.4, 0.5) is 13.2 Å². The van der Waals surface area contributed by atoms with Crippen molar-refractivity contribution in [3.8, 4) is 0 Å². The minimum Gasteiger partial charge on any atom is -0.478 e. The number of carboxylic acids is 1. The Morgan fingerprint density at radius 3 is 2.46 bits per heavy atom. The van der Waals surface area contributed by atoms with Gasteiger partial charge in [0, 0.05) is 6.07 Å². The number of halogens is 3. The average Bonchev–Trinajstić information content (AvgIpc) is 3.36. The van der Waals surface area contributed by atoms with E-state index in [1.54, 1.807) is 6.07 Å². The first kappa shape index (κ1) is 18.0. The van der Waals surface area contributed by atoms with Gasteiger partial charge in [0.25, 0.3) is 0 Å². The molecule has 1 saturated carbocycles. The van der Waals surface area contributed by atoms with Crippen molar-refractivity contribution in [2.45, 2.75) is 25.3 Å². The van der Waals surface area contributed by atoms with Gasteiger partial charge >= 0.3 is 5.97 Å². The maximum absolute atomic E-state index is 13.7. The molecule has 0 heterocycles. The van der Waals surface area contributed by atoms with Crippen LogP contribution in [0.15, 0.2) is 36.4 Å². The van der Waals surface area contributed by atoms with Crippen molar-refractivity contribution < 1.29 is 27.9 Å². The summed E-state index contributed by atoms with van der Waals surface area (Å²) in [6.45, 7) is 0. The van der Waals surface area contributed by atoms with Crippen molar-refractivity contribution in [2.75, 3.05) is 0 Å². The van der Waals surface area contributed by atoms with E-state index < -0.39 is 47.4 Å². The second kappa shape index (κ2) is 7.19. The molecule has 0 saturated heterocycles. The summed E-state index contributed by atoms with van der Waals surface area (Å²) >= 11 is 0. The fraction of sp³-hybridized carbons (Fsp3) is 0.263. The largest absolute Gasteiger partial charge is 0.478 e. The Morgan fingerprint density at radius 1 is 1.12 bits per heavy atom. The number of benzene rings is 2. The minimum absolute atomic E-state index is 0.156. The van der Waals surface area contributed by atoms with Crippen LogP contribution in [0.2, 0.25) is 0 Å². The van der Waals surface area contributed by atoms with Gasteiger partial charge in [-0.25, -0.2) is 18.0 Å². The monoisotopic (exact) mass is 363 g/mol. The van der Waals surface area contributed by atoms with Crippen molar-refractivity contribution in [1.82, 2.24) is 5.32 Å². The highest BCUT2D eigenvalue weighted by molar-refractivity contribution is 5.92. The van der Waals surface area contributed by atoms with Gasteiger partial charge in [0.1, 0.15) is 17.5 Å². The third kappa shape index (κ3) is 4.04. The summed E-state index contributed by atoms with van der Waals surface area (Å²) in [4.78, 5) is 23.6. The summed E-state index contributed by atoms with van der Waals surface area (Å²) in [7, 11) is 0. The predicted octanol–water partition coefficient (Wildman–Crippen LogP) is 3.61. The molecule has 2 aromatic carbocycles. The van der Waals surface area contributed by atoms with E-state index in [4.69, 9.17) is 5.11 Å². The van der Waals surface area contributed by atoms with Crippen molar-refractivity contribution in [3.63, 3.8) is 0 Å². The standard InChI is InChI=1S/C19H16F3NO3/c20-13-3-1-2-11(6-13)18(10-4-5-10)23-16(24)8-12-7-14(21)9-15(22)17(12)19(25)26/h1-3,6-7,9-10,18H,4-5,8H2,(H,23,24)(H,25,26). The number of carbonyl (C=O) groups excluding carboxylic acids is 1. The van der Waals surface area contributed by atoms with Gasteiger partial charge in [-0.2, -0.15) is 0 Å². The van der Waals surface area contributed by atoms with Crippen LogP contribution in [0.5, 0.6) is 0 Å². The second-order valence-electron chi connectivity index (χ2n) is 6.34. The lowest BCUT2D eigenvalue weighted by atomic mass is 10.00. The zero-order valence-corrected chi connectivity index (χ0v) is 13.6. The summed E-state index contributed by atoms with van der Waals surface area (Å²) in [5, 5.41) is 11.8. The second-order valence-corrected chi connectivity index (χ2v) is 6.34. The van der Waals surface area contributed by atoms with Gasteiger partial charge in [0.15, 0.2) is 0 Å². The smallest absolute Gasteiger partial charge is 0.338 e. The van der Waals surface area contributed by atoms with E-state index >= 15 is 0 Å². The lowest BCUT2D eigenvalue weighted by molar-refractivity contribution is -0.121. The third-order valence-corrected chi connectivity index (χ3v) is 4.32. The van der Waals surface area contributed by atoms with Gasteiger partial charge in [-0.15, -0.1) is 0 Å². The van der Waals surface area contributed by atoms with Crippen molar-refractivity contribution in [1.29, 1.82) is 0 Å². The van der Waals surface area contributed by atoms with E-state index in [-0.39, 0.29) is 11.5 Å². The highest BCUT2D eigenvalue weighted by Crippen LogP contribution is 2.41. The highest BCUT2D eigenvalue weighted by atomic mass is 19.1. The van der Waals surface area contributed by atoms with Gasteiger partial charge in [-0.05, 0) is 48.1 Å². The van der Waals surface area contributed by atoms with Gasteiger partial charge in [0.05, 0.1) is 18.0 Å². The van der Waals surface area contributed by atoms with E-state index in [1.807, 2.05) is 0 Å². The Labute approximate surface area is 147 Å². The van der Waals surface area contributed by atoms with Crippen LogP contribution in [0.3, 0.4) is 0 Å². The summed E-state index contributed by atoms with van der Waals surface area (Å²) in [5.41, 5.74) is -0.374. The molecule has 1 aliphatic carbocycles. The molecule has 7 heteroatoms. The summed E-state index contributed by atoms with van der Waals surface area (Å²) < 4.78 is 40.6. The molecule has 2 aromatic rings. The molecule has 26 heavy (non-hydrogen) atoms. The van der Waals surface area contributed by atoms with E-state index in [2.05, 4.69) is 5.32 Å². The van der Waals surface area contributed by atoms with Gasteiger partial charge in [0.2, 0.25) is 5.91 Å². The van der Waals surface area contributed by atoms with E-state index in [0.29, 0.717) is 11.6 Å². The normalized spacial score (nSPS) is 14.7. The molecule has 2 N–H and O–H groups in total. The van der Waals surface area contributed by atoms with Crippen LogP contribution in [0.1, 0.15) is 40.4 Å². The molecule has 0 aromatic heterocycles. The van der Waals surface area contributed by atoms with E-state index in [9.17, 15) is 22.8 Å². The maximum atomic E-state index is 13.7. The number of nitrogens with one attached hydrogen (secondary N) is 1. The van der Waals surface area contributed by atoms with E-state index in [0.717, 1.165) is 18.9 Å². The lowest BCUT2D eigenvalue weighted by Crippen LogP contribution is -2.31. The summed E-state index contributed by atoms with van der Waals surface area (Å²) in [5.74, 6) is -4.62.